The van der Waals surface area contributed by atoms with Crippen LogP contribution in [0, 0.1) is 0 Å². The number of benzene rings is 2. The molecule has 0 aromatic heterocycles. The molecular weight excluding hydrogens is 465 g/mol. The summed E-state index contributed by atoms with van der Waals surface area (Å²) in [7, 11) is 1.72. The third-order valence-electron chi connectivity index (χ3n) is 4.21. The number of para-hydroxylation sites is 1. The number of aliphatic imine (C=N–C) groups is 1. The van der Waals surface area contributed by atoms with Crippen LogP contribution in [0.2, 0.25) is 5.02 Å². The van der Waals surface area contributed by atoms with Crippen LogP contribution in [0.3, 0.4) is 0 Å². The molecule has 140 valence electrons. The normalized spacial score (nSPS) is 17.3. The van der Waals surface area contributed by atoms with Crippen molar-refractivity contribution >= 4 is 41.5 Å². The lowest BCUT2D eigenvalue weighted by atomic mass is 10.0. The highest BCUT2D eigenvalue weighted by Gasteiger charge is 2.22. The molecule has 0 saturated carbocycles. The van der Waals surface area contributed by atoms with Crippen LogP contribution >= 0.6 is 35.6 Å². The lowest BCUT2D eigenvalue weighted by Crippen LogP contribution is -2.42. The summed E-state index contributed by atoms with van der Waals surface area (Å²) in [4.78, 5) is 4.26. The van der Waals surface area contributed by atoms with E-state index in [0.29, 0.717) is 24.1 Å². The number of ether oxygens (including phenoxy) is 1. The van der Waals surface area contributed by atoms with Crippen molar-refractivity contribution in [2.75, 3.05) is 20.2 Å². The minimum atomic E-state index is -0.641. The van der Waals surface area contributed by atoms with Crippen LogP contribution in [0.1, 0.15) is 29.7 Å². The molecule has 3 rings (SSSR count). The predicted octanol–water partition coefficient (Wildman–Crippen LogP) is 3.68. The zero-order valence-electron chi connectivity index (χ0n) is 14.5. The first-order valence-electron chi connectivity index (χ1n) is 8.30. The first-order valence-corrected chi connectivity index (χ1v) is 8.67. The number of nitrogens with one attached hydrogen (secondary N) is 2. The third-order valence-corrected chi connectivity index (χ3v) is 4.46. The Bertz CT molecular complexity index is 740. The van der Waals surface area contributed by atoms with Crippen molar-refractivity contribution < 1.29 is 9.84 Å². The number of halogens is 2. The smallest absolute Gasteiger partial charge is 0.191 e. The number of nitrogens with zero attached hydrogens (tertiary/aromatic N) is 1. The van der Waals surface area contributed by atoms with E-state index in [9.17, 15) is 5.11 Å². The minimum Gasteiger partial charge on any atom is -0.493 e. The summed E-state index contributed by atoms with van der Waals surface area (Å²) in [5.41, 5.74) is 1.93. The molecule has 0 spiro atoms. The van der Waals surface area contributed by atoms with E-state index >= 15 is 0 Å². The van der Waals surface area contributed by atoms with Gasteiger partial charge in [0.05, 0.1) is 18.8 Å². The third kappa shape index (κ3) is 5.25. The highest BCUT2D eigenvalue weighted by atomic mass is 127. The monoisotopic (exact) mass is 487 g/mol. The van der Waals surface area contributed by atoms with Crippen molar-refractivity contribution in [2.24, 2.45) is 4.99 Å². The van der Waals surface area contributed by atoms with Gasteiger partial charge in [-0.2, -0.15) is 0 Å². The van der Waals surface area contributed by atoms with E-state index in [1.165, 1.54) is 0 Å². The second kappa shape index (κ2) is 9.99. The van der Waals surface area contributed by atoms with Crippen molar-refractivity contribution in [1.82, 2.24) is 10.6 Å². The van der Waals surface area contributed by atoms with Gasteiger partial charge in [-0.25, -0.2) is 0 Å². The van der Waals surface area contributed by atoms with Crippen molar-refractivity contribution in [2.45, 2.75) is 18.6 Å². The van der Waals surface area contributed by atoms with E-state index in [4.69, 9.17) is 16.3 Å². The van der Waals surface area contributed by atoms with Crippen molar-refractivity contribution in [3.8, 4) is 5.75 Å². The topological polar surface area (TPSA) is 65.9 Å². The molecule has 26 heavy (non-hydrogen) atoms. The zero-order chi connectivity index (χ0) is 17.6. The maximum atomic E-state index is 10.3. The van der Waals surface area contributed by atoms with E-state index in [1.54, 1.807) is 19.2 Å². The molecule has 0 aliphatic carbocycles. The molecule has 2 aromatic carbocycles. The summed E-state index contributed by atoms with van der Waals surface area (Å²) in [5, 5.41) is 17.5. The SMILES string of the molecule is CN=C(NCC(O)c1ccc(Cl)cc1)NC1CCOc2ccccc21.I. The molecule has 0 radical (unpaired) electrons. The summed E-state index contributed by atoms with van der Waals surface area (Å²) >= 11 is 5.88. The van der Waals surface area contributed by atoms with Crippen molar-refractivity contribution in [3.05, 3.63) is 64.7 Å². The van der Waals surface area contributed by atoms with Gasteiger partial charge in [-0.3, -0.25) is 4.99 Å². The number of fused-ring (bicyclic) bond motifs is 1. The van der Waals surface area contributed by atoms with E-state index < -0.39 is 6.10 Å². The summed E-state index contributed by atoms with van der Waals surface area (Å²) in [6.07, 6.45) is 0.218. The Labute approximate surface area is 175 Å². The Morgan fingerprint density at radius 3 is 2.73 bits per heavy atom. The molecule has 0 amide bonds. The molecule has 7 heteroatoms. The Balaban J connectivity index is 0.00000243. The van der Waals surface area contributed by atoms with E-state index in [0.717, 1.165) is 23.3 Å². The van der Waals surface area contributed by atoms with Gasteiger partial charge >= 0.3 is 0 Å². The van der Waals surface area contributed by atoms with Crippen LogP contribution in [-0.4, -0.2) is 31.3 Å². The van der Waals surface area contributed by atoms with Crippen LogP contribution in [-0.2, 0) is 0 Å². The molecule has 1 aliphatic rings. The van der Waals surface area contributed by atoms with Gasteiger partial charge in [0, 0.05) is 30.6 Å². The number of aliphatic hydroxyl groups excluding tert-OH is 1. The van der Waals surface area contributed by atoms with Gasteiger partial charge in [0.2, 0.25) is 0 Å². The Morgan fingerprint density at radius 1 is 1.27 bits per heavy atom. The first kappa shape index (κ1) is 20.8. The average molecular weight is 488 g/mol. The second-order valence-corrected chi connectivity index (χ2v) is 6.33. The van der Waals surface area contributed by atoms with Crippen LogP contribution in [0.4, 0.5) is 0 Å². The molecule has 5 nitrogen and oxygen atoms in total. The maximum Gasteiger partial charge on any atom is 0.191 e. The Morgan fingerprint density at radius 2 is 2.00 bits per heavy atom. The standard InChI is InChI=1S/C19H22ClN3O2.HI/c1-21-19(22-12-17(24)13-6-8-14(20)9-7-13)23-16-10-11-25-18-5-3-2-4-15(16)18;/h2-9,16-17,24H,10-12H2,1H3,(H2,21,22,23);1H. The second-order valence-electron chi connectivity index (χ2n) is 5.89. The molecule has 1 heterocycles. The fourth-order valence-corrected chi connectivity index (χ4v) is 2.97. The molecule has 0 fully saturated rings. The van der Waals surface area contributed by atoms with Crippen molar-refractivity contribution in [1.29, 1.82) is 0 Å². The predicted molar refractivity (Wildman–Crippen MR) is 116 cm³/mol. The summed E-state index contributed by atoms with van der Waals surface area (Å²) in [6.45, 7) is 1.02. The van der Waals surface area contributed by atoms with E-state index in [2.05, 4.69) is 21.7 Å². The summed E-state index contributed by atoms with van der Waals surface area (Å²) < 4.78 is 5.68. The number of rotatable bonds is 4. The molecule has 3 N–H and O–H groups in total. The number of hydrogen-bond acceptors (Lipinski definition) is 3. The molecule has 2 unspecified atom stereocenters. The summed E-state index contributed by atoms with van der Waals surface area (Å²) in [6, 6.07) is 15.3. The van der Waals surface area contributed by atoms with Gasteiger partial charge in [-0.05, 0) is 23.8 Å². The molecule has 0 saturated heterocycles. The molecule has 2 atom stereocenters. The van der Waals surface area contributed by atoms with E-state index in [1.807, 2.05) is 30.3 Å². The fourth-order valence-electron chi connectivity index (χ4n) is 2.85. The van der Waals surface area contributed by atoms with Gasteiger partial charge < -0.3 is 20.5 Å². The van der Waals surface area contributed by atoms with Gasteiger partial charge in [-0.15, -0.1) is 24.0 Å². The average Bonchev–Trinajstić information content (AvgIpc) is 2.65. The zero-order valence-corrected chi connectivity index (χ0v) is 17.6. The van der Waals surface area contributed by atoms with Gasteiger partial charge in [0.15, 0.2) is 5.96 Å². The highest BCUT2D eigenvalue weighted by Crippen LogP contribution is 2.31. The Kier molecular flexibility index (Phi) is 7.99. The van der Waals surface area contributed by atoms with E-state index in [-0.39, 0.29) is 30.0 Å². The highest BCUT2D eigenvalue weighted by molar-refractivity contribution is 14.0. The quantitative estimate of drug-likeness (QED) is 0.350. The van der Waals surface area contributed by atoms with Crippen LogP contribution in [0.5, 0.6) is 5.75 Å². The lowest BCUT2D eigenvalue weighted by molar-refractivity contribution is 0.180. The molecular formula is C19H23ClIN3O2. The fraction of sp³-hybridized carbons (Fsp3) is 0.316. The number of guanidine groups is 1. The minimum absolute atomic E-state index is 0. The van der Waals surface area contributed by atoms with Gasteiger partial charge in [0.25, 0.3) is 0 Å². The maximum absolute atomic E-state index is 10.3. The van der Waals surface area contributed by atoms with Crippen LogP contribution in [0.25, 0.3) is 0 Å². The molecule has 0 bridgehead atoms. The van der Waals surface area contributed by atoms with Crippen molar-refractivity contribution in [3.63, 3.8) is 0 Å². The first-order chi connectivity index (χ1) is 12.2. The van der Waals surface area contributed by atoms with Crippen LogP contribution in [0.15, 0.2) is 53.5 Å². The molecule has 2 aromatic rings. The van der Waals surface area contributed by atoms with Gasteiger partial charge in [-0.1, -0.05) is 41.9 Å². The summed E-state index contributed by atoms with van der Waals surface area (Å²) in [5.74, 6) is 1.55. The number of hydrogen-bond donors (Lipinski definition) is 3. The van der Waals surface area contributed by atoms with Crippen LogP contribution < -0.4 is 15.4 Å². The largest absolute Gasteiger partial charge is 0.493 e. The number of aliphatic hydroxyl groups is 1. The Hall–Kier alpha value is -1.51. The lowest BCUT2D eigenvalue weighted by Gasteiger charge is -2.28. The van der Waals surface area contributed by atoms with Gasteiger partial charge in [0.1, 0.15) is 5.75 Å². The molecule has 1 aliphatic heterocycles.